The zero-order chi connectivity index (χ0) is 12.1. The van der Waals surface area contributed by atoms with Gasteiger partial charge in [0, 0.05) is 0 Å². The van der Waals surface area contributed by atoms with Crippen molar-refractivity contribution in [3.63, 3.8) is 0 Å². The second kappa shape index (κ2) is 5.51. The Balaban J connectivity index is 2.22. The molecule has 1 nitrogen and oxygen atoms in total. The summed E-state index contributed by atoms with van der Waals surface area (Å²) in [6, 6.07) is 18.2. The molecule has 0 amide bonds. The number of thiol groups is 1. The molecule has 0 unspecified atom stereocenters. The van der Waals surface area contributed by atoms with Gasteiger partial charge in [0.2, 0.25) is 5.12 Å². The van der Waals surface area contributed by atoms with Gasteiger partial charge in [0.15, 0.2) is 0 Å². The van der Waals surface area contributed by atoms with E-state index in [1.165, 1.54) is 17.2 Å². The Labute approximate surface area is 106 Å². The largest absolute Gasteiger partial charge is 0.283 e. The second-order valence-electron chi connectivity index (χ2n) is 3.66. The lowest BCUT2D eigenvalue weighted by atomic mass is 10.0. The van der Waals surface area contributed by atoms with Gasteiger partial charge in [-0.05, 0) is 22.8 Å². The fourth-order valence-corrected chi connectivity index (χ4v) is 1.66. The summed E-state index contributed by atoms with van der Waals surface area (Å²) in [4.78, 5) is 10.7. The maximum absolute atomic E-state index is 10.7. The van der Waals surface area contributed by atoms with Gasteiger partial charge in [-0.1, -0.05) is 60.7 Å². The summed E-state index contributed by atoms with van der Waals surface area (Å²) in [5.74, 6) is 0. The van der Waals surface area contributed by atoms with E-state index in [0.717, 1.165) is 5.56 Å². The molecule has 0 radical (unpaired) electrons. The van der Waals surface area contributed by atoms with Gasteiger partial charge in [-0.15, -0.1) is 12.6 Å². The highest BCUT2D eigenvalue weighted by molar-refractivity contribution is 7.97. The quantitative estimate of drug-likeness (QED) is 0.637. The summed E-state index contributed by atoms with van der Waals surface area (Å²) in [5, 5.41) is -0.239. The molecular formula is C15H12OS. The van der Waals surface area contributed by atoms with Crippen LogP contribution in [0.4, 0.5) is 0 Å². The minimum absolute atomic E-state index is 0.239. The van der Waals surface area contributed by atoms with Crippen molar-refractivity contribution in [1.29, 1.82) is 0 Å². The van der Waals surface area contributed by atoms with Crippen LogP contribution in [0.25, 0.3) is 17.2 Å². The van der Waals surface area contributed by atoms with Crippen molar-refractivity contribution in [3.8, 4) is 11.1 Å². The first-order valence-corrected chi connectivity index (χ1v) is 5.77. The topological polar surface area (TPSA) is 17.1 Å². The lowest BCUT2D eigenvalue weighted by molar-refractivity contribution is -0.106. The molecule has 2 aromatic carbocycles. The Hall–Kier alpha value is -1.80. The first-order valence-electron chi connectivity index (χ1n) is 5.32. The molecule has 2 rings (SSSR count). The minimum atomic E-state index is -0.239. The molecule has 0 saturated heterocycles. The predicted octanol–water partition coefficient (Wildman–Crippen LogP) is 3.82. The van der Waals surface area contributed by atoms with Gasteiger partial charge < -0.3 is 0 Å². The van der Waals surface area contributed by atoms with Crippen molar-refractivity contribution >= 4 is 23.8 Å². The third-order valence-electron chi connectivity index (χ3n) is 2.44. The van der Waals surface area contributed by atoms with Crippen LogP contribution < -0.4 is 0 Å². The average Bonchev–Trinajstić information content (AvgIpc) is 2.38. The average molecular weight is 240 g/mol. The fraction of sp³-hybridized carbons (Fsp3) is 0. The number of carbonyl (C=O) groups is 1. The van der Waals surface area contributed by atoms with Gasteiger partial charge in [0.1, 0.15) is 0 Å². The minimum Gasteiger partial charge on any atom is -0.283 e. The summed E-state index contributed by atoms with van der Waals surface area (Å²) in [6.07, 6.45) is 3.20. The molecule has 0 spiro atoms. The van der Waals surface area contributed by atoms with E-state index in [1.54, 1.807) is 6.08 Å². The molecule has 0 N–H and O–H groups in total. The van der Waals surface area contributed by atoms with Crippen molar-refractivity contribution in [3.05, 3.63) is 66.2 Å². The van der Waals surface area contributed by atoms with Crippen molar-refractivity contribution in [1.82, 2.24) is 0 Å². The highest BCUT2D eigenvalue weighted by Gasteiger charge is 1.95. The highest BCUT2D eigenvalue weighted by atomic mass is 32.1. The lowest BCUT2D eigenvalue weighted by Crippen LogP contribution is -1.79. The zero-order valence-electron chi connectivity index (χ0n) is 9.21. The van der Waals surface area contributed by atoms with E-state index in [0.29, 0.717) is 0 Å². The number of hydrogen-bond acceptors (Lipinski definition) is 1. The van der Waals surface area contributed by atoms with Gasteiger partial charge in [0.25, 0.3) is 0 Å². The van der Waals surface area contributed by atoms with Crippen LogP contribution in [0.15, 0.2) is 60.7 Å². The van der Waals surface area contributed by atoms with Crippen LogP contribution >= 0.6 is 12.6 Å². The number of hydrogen-bond donors (Lipinski definition) is 1. The molecular weight excluding hydrogens is 228 g/mol. The Morgan fingerprint density at radius 3 is 2.06 bits per heavy atom. The van der Waals surface area contributed by atoms with Gasteiger partial charge in [-0.2, -0.15) is 0 Å². The molecule has 0 aliphatic carbocycles. The second-order valence-corrected chi connectivity index (χ2v) is 4.10. The summed E-state index contributed by atoms with van der Waals surface area (Å²) in [7, 11) is 0. The molecule has 2 heteroatoms. The molecule has 0 aliphatic rings. The molecule has 2 aromatic rings. The zero-order valence-corrected chi connectivity index (χ0v) is 10.1. The predicted molar refractivity (Wildman–Crippen MR) is 74.9 cm³/mol. The van der Waals surface area contributed by atoms with Crippen LogP contribution in [0.3, 0.4) is 0 Å². The van der Waals surface area contributed by atoms with E-state index in [2.05, 4.69) is 24.8 Å². The molecule has 0 fully saturated rings. The smallest absolute Gasteiger partial charge is 0.209 e. The van der Waals surface area contributed by atoms with Gasteiger partial charge >= 0.3 is 0 Å². The number of benzene rings is 2. The van der Waals surface area contributed by atoms with E-state index in [4.69, 9.17) is 0 Å². The van der Waals surface area contributed by atoms with Crippen molar-refractivity contribution in [2.45, 2.75) is 0 Å². The van der Waals surface area contributed by atoms with E-state index >= 15 is 0 Å². The molecule has 84 valence electrons. The summed E-state index contributed by atoms with van der Waals surface area (Å²) < 4.78 is 0. The molecule has 0 aliphatic heterocycles. The first-order chi connectivity index (χ1) is 8.25. The molecule has 0 saturated carbocycles. The first kappa shape index (κ1) is 11.7. The van der Waals surface area contributed by atoms with Crippen LogP contribution in [0, 0.1) is 0 Å². The molecule has 0 aromatic heterocycles. The Bertz CT molecular complexity index is 527. The van der Waals surface area contributed by atoms with Gasteiger partial charge in [-0.25, -0.2) is 0 Å². The maximum atomic E-state index is 10.7. The number of rotatable bonds is 3. The van der Waals surface area contributed by atoms with Crippen LogP contribution in [-0.2, 0) is 4.79 Å². The summed E-state index contributed by atoms with van der Waals surface area (Å²) >= 11 is 3.68. The SMILES string of the molecule is O=C(S)/C=C/c1ccc(-c2ccccc2)cc1. The molecule has 0 bridgehead atoms. The molecule has 17 heavy (non-hydrogen) atoms. The molecule has 0 heterocycles. The van der Waals surface area contributed by atoms with Crippen molar-refractivity contribution in [2.75, 3.05) is 0 Å². The van der Waals surface area contributed by atoms with Crippen molar-refractivity contribution in [2.24, 2.45) is 0 Å². The standard InChI is InChI=1S/C15H12OS/c16-15(17)11-8-12-6-9-14(10-7-12)13-4-2-1-3-5-13/h1-11H,(H,16,17)/b11-8+. The van der Waals surface area contributed by atoms with Crippen LogP contribution in [-0.4, -0.2) is 5.12 Å². The van der Waals surface area contributed by atoms with E-state index in [9.17, 15) is 4.79 Å². The normalized spacial score (nSPS) is 10.6. The van der Waals surface area contributed by atoms with E-state index in [-0.39, 0.29) is 5.12 Å². The Morgan fingerprint density at radius 1 is 0.882 bits per heavy atom. The molecule has 0 atom stereocenters. The van der Waals surface area contributed by atoms with Crippen LogP contribution in [0.1, 0.15) is 5.56 Å². The third kappa shape index (κ3) is 3.33. The van der Waals surface area contributed by atoms with Gasteiger partial charge in [0.05, 0.1) is 0 Å². The van der Waals surface area contributed by atoms with Crippen LogP contribution in [0.2, 0.25) is 0 Å². The highest BCUT2D eigenvalue weighted by Crippen LogP contribution is 2.19. The van der Waals surface area contributed by atoms with Crippen molar-refractivity contribution < 1.29 is 4.79 Å². The van der Waals surface area contributed by atoms with E-state index in [1.807, 2.05) is 42.5 Å². The number of carbonyl (C=O) groups excluding carboxylic acids is 1. The summed E-state index contributed by atoms with van der Waals surface area (Å²) in [5.41, 5.74) is 3.35. The lowest BCUT2D eigenvalue weighted by Gasteiger charge is -2.01. The monoisotopic (exact) mass is 240 g/mol. The van der Waals surface area contributed by atoms with Crippen LogP contribution in [0.5, 0.6) is 0 Å². The Morgan fingerprint density at radius 2 is 1.47 bits per heavy atom. The Kier molecular flexibility index (Phi) is 3.78. The summed E-state index contributed by atoms with van der Waals surface area (Å²) in [6.45, 7) is 0. The van der Waals surface area contributed by atoms with E-state index < -0.39 is 0 Å². The maximum Gasteiger partial charge on any atom is 0.209 e. The van der Waals surface area contributed by atoms with Gasteiger partial charge in [-0.3, -0.25) is 4.79 Å². The third-order valence-corrected chi connectivity index (χ3v) is 2.59. The fourth-order valence-electron chi connectivity index (χ4n) is 1.58.